The van der Waals surface area contributed by atoms with Crippen molar-refractivity contribution in [1.82, 2.24) is 5.32 Å². The highest BCUT2D eigenvalue weighted by atomic mass is 35.5. The number of rotatable bonds is 6. The second-order valence-corrected chi connectivity index (χ2v) is 5.89. The molecule has 1 heterocycles. The van der Waals surface area contributed by atoms with E-state index in [1.165, 1.54) is 23.5 Å². The lowest BCUT2D eigenvalue weighted by Gasteiger charge is -2.07. The van der Waals surface area contributed by atoms with E-state index >= 15 is 0 Å². The lowest BCUT2D eigenvalue weighted by molar-refractivity contribution is -0.116. The monoisotopic (exact) mass is 340 g/mol. The van der Waals surface area contributed by atoms with Gasteiger partial charge in [-0.1, -0.05) is 17.7 Å². The Hall–Kier alpha value is -1.92. The van der Waals surface area contributed by atoms with Crippen LogP contribution in [-0.2, 0) is 4.79 Å². The second kappa shape index (κ2) is 7.91. The van der Waals surface area contributed by atoms with E-state index in [2.05, 4.69) is 10.6 Å². The normalized spacial score (nSPS) is 10.3. The minimum atomic E-state index is -0.577. The van der Waals surface area contributed by atoms with Crippen molar-refractivity contribution in [3.8, 4) is 0 Å². The largest absolute Gasteiger partial charge is 0.351 e. The average Bonchev–Trinajstić information content (AvgIpc) is 3.01. The van der Waals surface area contributed by atoms with Gasteiger partial charge in [-0.15, -0.1) is 11.3 Å². The van der Waals surface area contributed by atoms with Crippen molar-refractivity contribution in [2.45, 2.75) is 12.8 Å². The van der Waals surface area contributed by atoms with Crippen molar-refractivity contribution in [2.75, 3.05) is 11.9 Å². The number of hydrogen-bond donors (Lipinski definition) is 2. The fourth-order valence-corrected chi connectivity index (χ4v) is 2.55. The second-order valence-electron chi connectivity index (χ2n) is 4.51. The lowest BCUT2D eigenvalue weighted by atomic mass is 10.2. The number of thiophene rings is 1. The van der Waals surface area contributed by atoms with Gasteiger partial charge >= 0.3 is 0 Å². The van der Waals surface area contributed by atoms with Crippen LogP contribution in [-0.4, -0.2) is 18.4 Å². The van der Waals surface area contributed by atoms with E-state index < -0.39 is 5.82 Å². The molecule has 2 aromatic rings. The predicted octanol–water partition coefficient (Wildman–Crippen LogP) is 3.69. The highest BCUT2D eigenvalue weighted by Gasteiger charge is 2.08. The standard InChI is InChI=1S/C15H14ClFN2O2S/c16-10-5-6-12(11(17)9-10)19-14(20)4-1-7-18-15(21)13-3-2-8-22-13/h2-3,5-6,8-9H,1,4,7H2,(H,18,21)(H,19,20). The van der Waals surface area contributed by atoms with Crippen LogP contribution in [0.4, 0.5) is 10.1 Å². The van der Waals surface area contributed by atoms with Crippen molar-refractivity contribution < 1.29 is 14.0 Å². The van der Waals surface area contributed by atoms with Crippen LogP contribution in [0.2, 0.25) is 5.02 Å². The Kier molecular flexibility index (Phi) is 5.91. The van der Waals surface area contributed by atoms with Crippen LogP contribution in [0.25, 0.3) is 0 Å². The molecule has 2 N–H and O–H groups in total. The highest BCUT2D eigenvalue weighted by molar-refractivity contribution is 7.12. The molecule has 2 rings (SSSR count). The van der Waals surface area contributed by atoms with Crippen LogP contribution in [0.15, 0.2) is 35.7 Å². The molecular weight excluding hydrogens is 327 g/mol. The number of benzene rings is 1. The van der Waals surface area contributed by atoms with E-state index in [9.17, 15) is 14.0 Å². The van der Waals surface area contributed by atoms with E-state index in [0.717, 1.165) is 6.07 Å². The summed E-state index contributed by atoms with van der Waals surface area (Å²) in [5.41, 5.74) is 0.0945. The van der Waals surface area contributed by atoms with Crippen molar-refractivity contribution in [2.24, 2.45) is 0 Å². The Labute approximate surface area is 136 Å². The third kappa shape index (κ3) is 4.82. The van der Waals surface area contributed by atoms with Crippen molar-refractivity contribution in [3.05, 3.63) is 51.4 Å². The number of amides is 2. The summed E-state index contributed by atoms with van der Waals surface area (Å²) in [6, 6.07) is 7.58. The maximum atomic E-state index is 13.5. The van der Waals surface area contributed by atoms with Gasteiger partial charge in [-0.3, -0.25) is 9.59 Å². The van der Waals surface area contributed by atoms with Crippen LogP contribution in [0.3, 0.4) is 0 Å². The van der Waals surface area contributed by atoms with Gasteiger partial charge in [-0.05, 0) is 36.1 Å². The summed E-state index contributed by atoms with van der Waals surface area (Å²) in [7, 11) is 0. The number of hydrogen-bond acceptors (Lipinski definition) is 3. The first-order valence-electron chi connectivity index (χ1n) is 6.63. The van der Waals surface area contributed by atoms with Crippen molar-refractivity contribution in [1.29, 1.82) is 0 Å². The molecule has 0 aliphatic rings. The molecule has 0 aliphatic carbocycles. The third-order valence-corrected chi connectivity index (χ3v) is 3.92. The molecule has 0 bridgehead atoms. The highest BCUT2D eigenvalue weighted by Crippen LogP contribution is 2.19. The Balaban J connectivity index is 1.71. The summed E-state index contributed by atoms with van der Waals surface area (Å²) < 4.78 is 13.5. The van der Waals surface area contributed by atoms with E-state index in [1.54, 1.807) is 12.1 Å². The molecule has 2 amide bonds. The van der Waals surface area contributed by atoms with Crippen LogP contribution in [0.1, 0.15) is 22.5 Å². The van der Waals surface area contributed by atoms with Gasteiger partial charge in [0.05, 0.1) is 10.6 Å². The molecule has 0 atom stereocenters. The lowest BCUT2D eigenvalue weighted by Crippen LogP contribution is -2.24. The molecule has 0 saturated heterocycles. The summed E-state index contributed by atoms with van der Waals surface area (Å²) in [6.07, 6.45) is 0.658. The Morgan fingerprint density at radius 2 is 2.09 bits per heavy atom. The predicted molar refractivity (Wildman–Crippen MR) is 85.9 cm³/mol. The summed E-state index contributed by atoms with van der Waals surface area (Å²) in [5, 5.41) is 7.29. The first-order valence-corrected chi connectivity index (χ1v) is 7.88. The number of nitrogens with one attached hydrogen (secondary N) is 2. The van der Waals surface area contributed by atoms with Gasteiger partial charge in [0.25, 0.3) is 5.91 Å². The number of halogens is 2. The molecule has 7 heteroatoms. The zero-order valence-corrected chi connectivity index (χ0v) is 13.1. The summed E-state index contributed by atoms with van der Waals surface area (Å²) in [5.74, 6) is -1.04. The molecule has 0 unspecified atom stereocenters. The molecule has 0 fully saturated rings. The first kappa shape index (κ1) is 16.5. The van der Waals surface area contributed by atoms with Crippen LogP contribution >= 0.6 is 22.9 Å². The third-order valence-electron chi connectivity index (χ3n) is 2.82. The Morgan fingerprint density at radius 3 is 2.77 bits per heavy atom. The van der Waals surface area contributed by atoms with E-state index in [-0.39, 0.29) is 28.9 Å². The number of carbonyl (C=O) groups excluding carboxylic acids is 2. The Morgan fingerprint density at radius 1 is 1.27 bits per heavy atom. The van der Waals surface area contributed by atoms with Gasteiger partial charge in [0, 0.05) is 18.0 Å². The van der Waals surface area contributed by atoms with Gasteiger partial charge in [0.1, 0.15) is 5.82 Å². The van der Waals surface area contributed by atoms with E-state index in [1.807, 2.05) is 5.38 Å². The maximum Gasteiger partial charge on any atom is 0.261 e. The molecule has 22 heavy (non-hydrogen) atoms. The summed E-state index contributed by atoms with van der Waals surface area (Å²) in [6.45, 7) is 0.382. The zero-order valence-electron chi connectivity index (χ0n) is 11.6. The molecule has 0 radical (unpaired) electrons. The molecule has 4 nitrogen and oxygen atoms in total. The van der Waals surface area contributed by atoms with Gasteiger partial charge in [0.2, 0.25) is 5.91 Å². The minimum absolute atomic E-state index is 0.0945. The number of anilines is 1. The molecular formula is C15H14ClFN2O2S. The molecule has 1 aromatic heterocycles. The molecule has 0 saturated carbocycles. The maximum absolute atomic E-state index is 13.5. The molecule has 116 valence electrons. The van der Waals surface area contributed by atoms with Crippen molar-refractivity contribution >= 4 is 40.4 Å². The van der Waals surface area contributed by atoms with Gasteiger partial charge in [-0.25, -0.2) is 4.39 Å². The van der Waals surface area contributed by atoms with Crippen molar-refractivity contribution in [3.63, 3.8) is 0 Å². The molecule has 0 aliphatic heterocycles. The average molecular weight is 341 g/mol. The van der Waals surface area contributed by atoms with E-state index in [0.29, 0.717) is 17.8 Å². The quantitative estimate of drug-likeness (QED) is 0.788. The van der Waals surface area contributed by atoms with E-state index in [4.69, 9.17) is 11.6 Å². The molecule has 1 aromatic carbocycles. The van der Waals surface area contributed by atoms with Gasteiger partial charge < -0.3 is 10.6 Å². The van der Waals surface area contributed by atoms with Crippen LogP contribution in [0, 0.1) is 5.82 Å². The molecule has 0 spiro atoms. The van der Waals surface area contributed by atoms with Crippen LogP contribution in [0.5, 0.6) is 0 Å². The van der Waals surface area contributed by atoms with Crippen LogP contribution < -0.4 is 10.6 Å². The summed E-state index contributed by atoms with van der Waals surface area (Å²) in [4.78, 5) is 24.0. The first-order chi connectivity index (χ1) is 10.6. The van der Waals surface area contributed by atoms with Gasteiger partial charge in [0.15, 0.2) is 0 Å². The number of carbonyl (C=O) groups is 2. The Bertz CT molecular complexity index is 662. The summed E-state index contributed by atoms with van der Waals surface area (Å²) >= 11 is 6.99. The van der Waals surface area contributed by atoms with Gasteiger partial charge in [-0.2, -0.15) is 0 Å². The SMILES string of the molecule is O=C(CCCNC(=O)c1cccs1)Nc1ccc(Cl)cc1F. The smallest absolute Gasteiger partial charge is 0.261 e. The minimum Gasteiger partial charge on any atom is -0.351 e. The fraction of sp³-hybridized carbons (Fsp3) is 0.200. The zero-order chi connectivity index (χ0) is 15.9. The topological polar surface area (TPSA) is 58.2 Å². The fourth-order valence-electron chi connectivity index (χ4n) is 1.75.